The van der Waals surface area contributed by atoms with Gasteiger partial charge in [0.25, 0.3) is 0 Å². The maximum atomic E-state index is 8.71. The maximum Gasteiger partial charge on any atom is 0.0431 e. The molecule has 106 valence electrons. The van der Waals surface area contributed by atoms with Crippen LogP contribution < -0.4 is 5.32 Å². The first-order valence-electron chi connectivity index (χ1n) is 7.27. The highest BCUT2D eigenvalue weighted by Gasteiger charge is 1.98. The molecular weight excluding hydrogens is 246 g/mol. The van der Waals surface area contributed by atoms with Crippen molar-refractivity contribution in [3.05, 3.63) is 59.7 Å². The molecule has 0 aliphatic carbocycles. The van der Waals surface area contributed by atoms with Crippen molar-refractivity contribution in [1.82, 2.24) is 5.32 Å². The van der Waals surface area contributed by atoms with Gasteiger partial charge in [-0.3, -0.25) is 0 Å². The molecule has 2 aromatic rings. The Morgan fingerprint density at radius 1 is 0.850 bits per heavy atom. The van der Waals surface area contributed by atoms with Crippen LogP contribution in [-0.4, -0.2) is 18.3 Å². The highest BCUT2D eigenvalue weighted by Crippen LogP contribution is 2.20. The minimum absolute atomic E-state index is 0.285. The van der Waals surface area contributed by atoms with E-state index in [1.165, 1.54) is 22.3 Å². The first kappa shape index (κ1) is 14.8. The molecule has 2 nitrogen and oxygen atoms in total. The SMILES string of the molecule is Cc1ccc(-c2ccc(CNCCCCO)cc2)cc1. The number of unbranched alkanes of at least 4 members (excludes halogenated alkanes) is 1. The molecule has 0 saturated heterocycles. The molecule has 0 radical (unpaired) electrons. The topological polar surface area (TPSA) is 32.3 Å². The quantitative estimate of drug-likeness (QED) is 0.754. The van der Waals surface area contributed by atoms with Crippen LogP contribution in [0.25, 0.3) is 11.1 Å². The molecule has 0 saturated carbocycles. The van der Waals surface area contributed by atoms with E-state index in [1.807, 2.05) is 0 Å². The predicted molar refractivity (Wildman–Crippen MR) is 84.6 cm³/mol. The van der Waals surface area contributed by atoms with E-state index in [0.29, 0.717) is 0 Å². The number of aliphatic hydroxyl groups excluding tert-OH is 1. The molecule has 0 aliphatic heterocycles. The summed E-state index contributed by atoms with van der Waals surface area (Å²) in [6.07, 6.45) is 1.90. The minimum atomic E-state index is 0.285. The van der Waals surface area contributed by atoms with Gasteiger partial charge in [-0.15, -0.1) is 0 Å². The molecule has 0 amide bonds. The number of rotatable bonds is 7. The second-order valence-electron chi connectivity index (χ2n) is 5.17. The van der Waals surface area contributed by atoms with Crippen LogP contribution in [0.1, 0.15) is 24.0 Å². The van der Waals surface area contributed by atoms with Crippen LogP contribution >= 0.6 is 0 Å². The Morgan fingerprint density at radius 3 is 2.05 bits per heavy atom. The molecule has 0 atom stereocenters. The van der Waals surface area contributed by atoms with Crippen LogP contribution in [0.2, 0.25) is 0 Å². The third-order valence-corrected chi connectivity index (χ3v) is 3.43. The van der Waals surface area contributed by atoms with Crippen LogP contribution in [0.5, 0.6) is 0 Å². The van der Waals surface area contributed by atoms with Gasteiger partial charge in [-0.05, 0) is 43.0 Å². The molecular formula is C18H23NO. The van der Waals surface area contributed by atoms with Gasteiger partial charge in [0.1, 0.15) is 0 Å². The first-order valence-corrected chi connectivity index (χ1v) is 7.27. The Balaban J connectivity index is 1.88. The van der Waals surface area contributed by atoms with Crippen molar-refractivity contribution in [1.29, 1.82) is 0 Å². The molecule has 0 heterocycles. The molecule has 2 heteroatoms. The summed E-state index contributed by atoms with van der Waals surface area (Å²) in [5.74, 6) is 0. The number of benzene rings is 2. The molecule has 0 spiro atoms. The van der Waals surface area contributed by atoms with Gasteiger partial charge in [0.05, 0.1) is 0 Å². The predicted octanol–water partition coefficient (Wildman–Crippen LogP) is 3.52. The summed E-state index contributed by atoms with van der Waals surface area (Å²) in [6.45, 7) is 4.24. The van der Waals surface area contributed by atoms with Crippen molar-refractivity contribution in [2.45, 2.75) is 26.3 Å². The molecule has 0 aromatic heterocycles. The Bertz CT molecular complexity index is 502. The first-order chi connectivity index (χ1) is 9.79. The van der Waals surface area contributed by atoms with Crippen LogP contribution in [0.4, 0.5) is 0 Å². The van der Waals surface area contributed by atoms with Gasteiger partial charge in [-0.1, -0.05) is 54.1 Å². The van der Waals surface area contributed by atoms with E-state index in [1.54, 1.807) is 0 Å². The van der Waals surface area contributed by atoms with Crippen molar-refractivity contribution in [3.63, 3.8) is 0 Å². The van der Waals surface area contributed by atoms with Crippen molar-refractivity contribution in [2.24, 2.45) is 0 Å². The monoisotopic (exact) mass is 269 g/mol. The minimum Gasteiger partial charge on any atom is -0.396 e. The van der Waals surface area contributed by atoms with Gasteiger partial charge in [0, 0.05) is 13.2 Å². The highest BCUT2D eigenvalue weighted by molar-refractivity contribution is 5.63. The number of hydrogen-bond acceptors (Lipinski definition) is 2. The lowest BCUT2D eigenvalue weighted by molar-refractivity contribution is 0.283. The van der Waals surface area contributed by atoms with Gasteiger partial charge in [-0.25, -0.2) is 0 Å². The maximum absolute atomic E-state index is 8.71. The highest BCUT2D eigenvalue weighted by atomic mass is 16.2. The summed E-state index contributed by atoms with van der Waals surface area (Å²) in [6, 6.07) is 17.3. The number of nitrogens with one attached hydrogen (secondary N) is 1. The van der Waals surface area contributed by atoms with Gasteiger partial charge < -0.3 is 10.4 Å². The third kappa shape index (κ3) is 4.48. The Kier molecular flexibility index (Phi) is 5.78. The average molecular weight is 269 g/mol. The lowest BCUT2D eigenvalue weighted by Gasteiger charge is -2.06. The van der Waals surface area contributed by atoms with E-state index in [9.17, 15) is 0 Å². The van der Waals surface area contributed by atoms with Crippen LogP contribution in [0, 0.1) is 6.92 Å². The van der Waals surface area contributed by atoms with Gasteiger partial charge >= 0.3 is 0 Å². The zero-order chi connectivity index (χ0) is 14.2. The molecule has 0 unspecified atom stereocenters. The van der Waals surface area contributed by atoms with E-state index in [4.69, 9.17) is 5.11 Å². The van der Waals surface area contributed by atoms with E-state index in [0.717, 1.165) is 25.9 Å². The van der Waals surface area contributed by atoms with Gasteiger partial charge in [0.15, 0.2) is 0 Å². The fourth-order valence-corrected chi connectivity index (χ4v) is 2.16. The Morgan fingerprint density at radius 2 is 1.45 bits per heavy atom. The number of aliphatic hydroxyl groups is 1. The van der Waals surface area contributed by atoms with E-state index < -0.39 is 0 Å². The lowest BCUT2D eigenvalue weighted by atomic mass is 10.0. The second kappa shape index (κ2) is 7.83. The zero-order valence-electron chi connectivity index (χ0n) is 12.1. The second-order valence-corrected chi connectivity index (χ2v) is 5.17. The number of hydrogen-bond donors (Lipinski definition) is 2. The summed E-state index contributed by atoms with van der Waals surface area (Å²) < 4.78 is 0. The Hall–Kier alpha value is -1.64. The molecule has 2 aromatic carbocycles. The van der Waals surface area contributed by atoms with Crippen molar-refractivity contribution in [2.75, 3.05) is 13.2 Å². The molecule has 0 aliphatic rings. The summed E-state index contributed by atoms with van der Waals surface area (Å²) in [4.78, 5) is 0. The zero-order valence-corrected chi connectivity index (χ0v) is 12.1. The van der Waals surface area contributed by atoms with E-state index >= 15 is 0 Å². The summed E-state index contributed by atoms with van der Waals surface area (Å²) in [7, 11) is 0. The van der Waals surface area contributed by atoms with Crippen molar-refractivity contribution < 1.29 is 5.11 Å². The summed E-state index contributed by atoms with van der Waals surface area (Å²) >= 11 is 0. The molecule has 2 N–H and O–H groups in total. The molecule has 2 rings (SSSR count). The standard InChI is InChI=1S/C18H23NO/c1-15-4-8-17(9-5-15)18-10-6-16(7-11-18)14-19-12-2-3-13-20/h4-11,19-20H,2-3,12-14H2,1H3. The number of aryl methyl sites for hydroxylation is 1. The van der Waals surface area contributed by atoms with Crippen molar-refractivity contribution >= 4 is 0 Å². The fraction of sp³-hybridized carbons (Fsp3) is 0.333. The van der Waals surface area contributed by atoms with E-state index in [-0.39, 0.29) is 6.61 Å². The average Bonchev–Trinajstić information content (AvgIpc) is 2.49. The fourth-order valence-electron chi connectivity index (χ4n) is 2.16. The van der Waals surface area contributed by atoms with Crippen LogP contribution in [0.3, 0.4) is 0 Å². The van der Waals surface area contributed by atoms with E-state index in [2.05, 4.69) is 60.8 Å². The van der Waals surface area contributed by atoms with Crippen molar-refractivity contribution in [3.8, 4) is 11.1 Å². The Labute approximate surface area is 121 Å². The summed E-state index contributed by atoms with van der Waals surface area (Å²) in [5.41, 5.74) is 5.11. The molecule has 20 heavy (non-hydrogen) atoms. The van der Waals surface area contributed by atoms with Gasteiger partial charge in [0.2, 0.25) is 0 Å². The van der Waals surface area contributed by atoms with Crippen LogP contribution in [-0.2, 0) is 6.54 Å². The summed E-state index contributed by atoms with van der Waals surface area (Å²) in [5, 5.41) is 12.1. The largest absolute Gasteiger partial charge is 0.396 e. The van der Waals surface area contributed by atoms with Gasteiger partial charge in [-0.2, -0.15) is 0 Å². The third-order valence-electron chi connectivity index (χ3n) is 3.43. The normalized spacial score (nSPS) is 10.7. The lowest BCUT2D eigenvalue weighted by Crippen LogP contribution is -2.14. The molecule has 0 fully saturated rings. The van der Waals surface area contributed by atoms with Crippen LogP contribution in [0.15, 0.2) is 48.5 Å². The smallest absolute Gasteiger partial charge is 0.0431 e. The molecule has 0 bridgehead atoms.